The van der Waals surface area contributed by atoms with Crippen LogP contribution in [0.5, 0.6) is 0 Å². The van der Waals surface area contributed by atoms with Crippen molar-refractivity contribution < 1.29 is 0 Å². The molecule has 4 heteroatoms. The molecule has 1 aliphatic heterocycles. The van der Waals surface area contributed by atoms with Crippen LogP contribution in [-0.2, 0) is 13.5 Å². The largest absolute Gasteiger partial charge is 0.316 e. The fourth-order valence-corrected chi connectivity index (χ4v) is 2.56. The van der Waals surface area contributed by atoms with Gasteiger partial charge in [0.1, 0.15) is 0 Å². The molecule has 0 aromatic carbocycles. The number of rotatable bonds is 2. The van der Waals surface area contributed by atoms with E-state index in [1.54, 1.807) is 0 Å². The monoisotopic (exact) mass is 257 g/mol. The summed E-state index contributed by atoms with van der Waals surface area (Å²) in [4.78, 5) is 0. The fraction of sp³-hybridized carbons (Fsp3) is 0.700. The van der Waals surface area contributed by atoms with Crippen molar-refractivity contribution in [1.82, 2.24) is 15.1 Å². The van der Waals surface area contributed by atoms with Crippen LogP contribution < -0.4 is 5.32 Å². The molecule has 2 rings (SSSR count). The zero-order valence-corrected chi connectivity index (χ0v) is 10.3. The van der Waals surface area contributed by atoms with Gasteiger partial charge in [-0.05, 0) is 54.7 Å². The van der Waals surface area contributed by atoms with Gasteiger partial charge in [0.05, 0.1) is 15.9 Å². The van der Waals surface area contributed by atoms with Gasteiger partial charge in [-0.3, -0.25) is 4.68 Å². The Morgan fingerprint density at radius 2 is 2.43 bits per heavy atom. The molecule has 1 atom stereocenters. The molecular formula is C10H16BrN3. The quantitative estimate of drug-likeness (QED) is 0.874. The van der Waals surface area contributed by atoms with Gasteiger partial charge in [0, 0.05) is 7.05 Å². The third kappa shape index (κ3) is 1.86. The molecule has 0 spiro atoms. The first-order valence-electron chi connectivity index (χ1n) is 5.07. The highest BCUT2D eigenvalue weighted by Gasteiger charge is 2.19. The highest BCUT2D eigenvalue weighted by atomic mass is 79.9. The first-order valence-corrected chi connectivity index (χ1v) is 5.86. The lowest BCUT2D eigenvalue weighted by atomic mass is 10.0. The zero-order valence-electron chi connectivity index (χ0n) is 8.68. The van der Waals surface area contributed by atoms with E-state index in [0.29, 0.717) is 0 Å². The first kappa shape index (κ1) is 10.2. The Bertz CT molecular complexity index is 326. The van der Waals surface area contributed by atoms with Gasteiger partial charge in [-0.25, -0.2) is 0 Å². The second-order valence-corrected chi connectivity index (χ2v) is 4.83. The number of aromatic nitrogens is 2. The lowest BCUT2D eigenvalue weighted by Crippen LogP contribution is -2.12. The highest BCUT2D eigenvalue weighted by molar-refractivity contribution is 9.10. The van der Waals surface area contributed by atoms with Crippen molar-refractivity contribution in [1.29, 1.82) is 0 Å². The predicted molar refractivity (Wildman–Crippen MR) is 60.3 cm³/mol. The molecule has 1 fully saturated rings. The number of nitrogens with zero attached hydrogens (tertiary/aromatic N) is 2. The third-order valence-corrected chi connectivity index (χ3v) is 3.94. The topological polar surface area (TPSA) is 29.9 Å². The molecule has 1 aliphatic rings. The normalized spacial score (nSPS) is 21.8. The molecule has 0 amide bonds. The first-order chi connectivity index (χ1) is 6.68. The molecule has 3 nitrogen and oxygen atoms in total. The summed E-state index contributed by atoms with van der Waals surface area (Å²) in [6, 6.07) is 0. The number of aryl methyl sites for hydroxylation is 2. The van der Waals surface area contributed by atoms with Gasteiger partial charge in [0.2, 0.25) is 0 Å². The summed E-state index contributed by atoms with van der Waals surface area (Å²) in [7, 11) is 2.02. The van der Waals surface area contributed by atoms with Gasteiger partial charge in [-0.1, -0.05) is 0 Å². The summed E-state index contributed by atoms with van der Waals surface area (Å²) in [6.07, 6.45) is 2.42. The maximum absolute atomic E-state index is 4.40. The lowest BCUT2D eigenvalue weighted by molar-refractivity contribution is 0.547. The molecular weight excluding hydrogens is 242 g/mol. The highest BCUT2D eigenvalue weighted by Crippen LogP contribution is 2.24. The second-order valence-electron chi connectivity index (χ2n) is 4.03. The van der Waals surface area contributed by atoms with Gasteiger partial charge in [0.15, 0.2) is 0 Å². The van der Waals surface area contributed by atoms with Crippen LogP contribution in [0.15, 0.2) is 4.47 Å². The number of hydrogen-bond acceptors (Lipinski definition) is 2. The average Bonchev–Trinajstić information content (AvgIpc) is 2.71. The average molecular weight is 258 g/mol. The van der Waals surface area contributed by atoms with Gasteiger partial charge in [-0.15, -0.1) is 0 Å². The van der Waals surface area contributed by atoms with Gasteiger partial charge in [0.25, 0.3) is 0 Å². The van der Waals surface area contributed by atoms with E-state index in [2.05, 4.69) is 26.3 Å². The molecule has 14 heavy (non-hydrogen) atoms. The Balaban J connectivity index is 2.14. The van der Waals surface area contributed by atoms with Crippen LogP contribution in [0.4, 0.5) is 0 Å². The third-order valence-electron chi connectivity index (χ3n) is 2.91. The van der Waals surface area contributed by atoms with Crippen LogP contribution in [0.3, 0.4) is 0 Å². The fourth-order valence-electron chi connectivity index (χ4n) is 2.06. The summed E-state index contributed by atoms with van der Waals surface area (Å²) < 4.78 is 3.18. The van der Waals surface area contributed by atoms with Gasteiger partial charge >= 0.3 is 0 Å². The zero-order chi connectivity index (χ0) is 10.1. The van der Waals surface area contributed by atoms with E-state index in [1.807, 2.05) is 18.7 Å². The molecule has 1 unspecified atom stereocenters. The molecule has 1 saturated heterocycles. The van der Waals surface area contributed by atoms with E-state index >= 15 is 0 Å². The Morgan fingerprint density at radius 3 is 2.93 bits per heavy atom. The smallest absolute Gasteiger partial charge is 0.0738 e. The maximum Gasteiger partial charge on any atom is 0.0738 e. The van der Waals surface area contributed by atoms with Crippen LogP contribution in [-0.4, -0.2) is 22.9 Å². The molecule has 0 radical (unpaired) electrons. The maximum atomic E-state index is 4.40. The Morgan fingerprint density at radius 1 is 1.64 bits per heavy atom. The predicted octanol–water partition coefficient (Wildman–Crippen LogP) is 1.64. The van der Waals surface area contributed by atoms with Crippen LogP contribution in [0, 0.1) is 12.8 Å². The molecule has 0 aliphatic carbocycles. The van der Waals surface area contributed by atoms with E-state index in [-0.39, 0.29) is 0 Å². The molecule has 0 bridgehead atoms. The SMILES string of the molecule is Cc1nn(C)c(CC2CCNC2)c1Br. The van der Waals surface area contributed by atoms with Gasteiger partial charge in [-0.2, -0.15) is 5.10 Å². The summed E-state index contributed by atoms with van der Waals surface area (Å²) >= 11 is 3.60. The lowest BCUT2D eigenvalue weighted by Gasteiger charge is -2.08. The van der Waals surface area contributed by atoms with Crippen LogP contribution in [0.1, 0.15) is 17.8 Å². The van der Waals surface area contributed by atoms with Crippen molar-refractivity contribution in [3.8, 4) is 0 Å². The minimum absolute atomic E-state index is 0.779. The molecule has 1 aromatic rings. The minimum Gasteiger partial charge on any atom is -0.316 e. The summed E-state index contributed by atoms with van der Waals surface area (Å²) in [5.41, 5.74) is 2.42. The van der Waals surface area contributed by atoms with E-state index in [0.717, 1.165) is 24.6 Å². The van der Waals surface area contributed by atoms with Crippen molar-refractivity contribution in [2.75, 3.05) is 13.1 Å². The number of hydrogen-bond donors (Lipinski definition) is 1. The second kappa shape index (κ2) is 4.03. The van der Waals surface area contributed by atoms with E-state index in [9.17, 15) is 0 Å². The minimum atomic E-state index is 0.779. The number of nitrogens with one attached hydrogen (secondary N) is 1. The van der Waals surface area contributed by atoms with Crippen LogP contribution >= 0.6 is 15.9 Å². The van der Waals surface area contributed by atoms with Gasteiger partial charge < -0.3 is 5.32 Å². The molecule has 2 heterocycles. The standard InChI is InChI=1S/C10H16BrN3/c1-7-10(11)9(14(2)13-7)5-8-3-4-12-6-8/h8,12H,3-6H2,1-2H3. The Labute approximate surface area is 93.0 Å². The van der Waals surface area contributed by atoms with Crippen LogP contribution in [0.2, 0.25) is 0 Å². The molecule has 1 N–H and O–H groups in total. The Kier molecular flexibility index (Phi) is 2.93. The van der Waals surface area contributed by atoms with Crippen LogP contribution in [0.25, 0.3) is 0 Å². The van der Waals surface area contributed by atoms with E-state index in [1.165, 1.54) is 23.1 Å². The Hall–Kier alpha value is -0.350. The molecule has 0 saturated carbocycles. The van der Waals surface area contributed by atoms with Crippen molar-refractivity contribution in [2.24, 2.45) is 13.0 Å². The summed E-state index contributed by atoms with van der Waals surface area (Å²) in [5.74, 6) is 0.779. The van der Waals surface area contributed by atoms with Crippen molar-refractivity contribution in [3.63, 3.8) is 0 Å². The van der Waals surface area contributed by atoms with Crippen molar-refractivity contribution in [2.45, 2.75) is 19.8 Å². The van der Waals surface area contributed by atoms with Crippen molar-refractivity contribution >= 4 is 15.9 Å². The van der Waals surface area contributed by atoms with E-state index in [4.69, 9.17) is 0 Å². The summed E-state index contributed by atoms with van der Waals surface area (Å²) in [5, 5.41) is 7.80. The van der Waals surface area contributed by atoms with E-state index < -0.39 is 0 Å². The number of halogens is 1. The molecule has 1 aromatic heterocycles. The van der Waals surface area contributed by atoms with Crippen molar-refractivity contribution in [3.05, 3.63) is 15.9 Å². The molecule has 78 valence electrons. The summed E-state index contributed by atoms with van der Waals surface area (Å²) in [6.45, 7) is 4.36.